The maximum atomic E-state index is 12.4. The van der Waals surface area contributed by atoms with E-state index in [1.54, 1.807) is 0 Å². The first kappa shape index (κ1) is 19.9. The van der Waals surface area contributed by atoms with E-state index < -0.39 is 11.9 Å². The molecule has 5 rings (SSSR count). The smallest absolute Gasteiger partial charge is 0.338 e. The standard InChI is InChI=1S/C23H29NO5/c1-14(23-10-15-7-16(11-23)9-17(8-15)12-23)24-20(25)13-29-22(27)19-5-3-18(4-6-19)21(26)28-2/h3-6,14-17H,7-13H2,1-2H3,(H,24,25). The summed E-state index contributed by atoms with van der Waals surface area (Å²) in [6.07, 6.45) is 7.75. The van der Waals surface area contributed by atoms with Gasteiger partial charge in [0.1, 0.15) is 0 Å². The number of rotatable bonds is 6. The number of carbonyl (C=O) groups is 3. The van der Waals surface area contributed by atoms with Crippen molar-refractivity contribution in [2.75, 3.05) is 13.7 Å². The Morgan fingerprint density at radius 3 is 1.93 bits per heavy atom. The van der Waals surface area contributed by atoms with Gasteiger partial charge >= 0.3 is 11.9 Å². The fourth-order valence-electron chi connectivity index (χ4n) is 6.22. The Morgan fingerprint density at radius 1 is 0.966 bits per heavy atom. The van der Waals surface area contributed by atoms with E-state index in [4.69, 9.17) is 4.74 Å². The first-order valence-electron chi connectivity index (χ1n) is 10.5. The lowest BCUT2D eigenvalue weighted by atomic mass is 9.48. The van der Waals surface area contributed by atoms with Gasteiger partial charge in [0.25, 0.3) is 5.91 Å². The summed E-state index contributed by atoms with van der Waals surface area (Å²) < 4.78 is 9.80. The average Bonchev–Trinajstić information content (AvgIpc) is 2.70. The largest absolute Gasteiger partial charge is 0.465 e. The molecule has 4 aliphatic rings. The third-order valence-electron chi connectivity index (χ3n) is 7.26. The summed E-state index contributed by atoms with van der Waals surface area (Å²) in [7, 11) is 1.30. The minimum Gasteiger partial charge on any atom is -0.465 e. The molecule has 0 spiro atoms. The molecule has 0 aliphatic heterocycles. The van der Waals surface area contributed by atoms with Crippen LogP contribution in [-0.2, 0) is 14.3 Å². The fraction of sp³-hybridized carbons (Fsp3) is 0.609. The molecule has 4 saturated carbocycles. The molecule has 0 aromatic heterocycles. The monoisotopic (exact) mass is 399 g/mol. The highest BCUT2D eigenvalue weighted by atomic mass is 16.5. The maximum absolute atomic E-state index is 12.4. The topological polar surface area (TPSA) is 81.7 Å². The number of carbonyl (C=O) groups excluding carboxylic acids is 3. The number of hydrogen-bond acceptors (Lipinski definition) is 5. The summed E-state index contributed by atoms with van der Waals surface area (Å²) in [5.74, 6) is 1.17. The van der Waals surface area contributed by atoms with E-state index in [0.717, 1.165) is 17.8 Å². The first-order valence-corrected chi connectivity index (χ1v) is 10.5. The van der Waals surface area contributed by atoms with Crippen molar-refractivity contribution in [3.63, 3.8) is 0 Å². The van der Waals surface area contributed by atoms with Gasteiger partial charge in [0.05, 0.1) is 18.2 Å². The predicted octanol–water partition coefficient (Wildman–Crippen LogP) is 3.35. The van der Waals surface area contributed by atoms with Crippen molar-refractivity contribution < 1.29 is 23.9 Å². The highest BCUT2D eigenvalue weighted by Gasteiger charge is 2.53. The Bertz CT molecular complexity index is 765. The highest BCUT2D eigenvalue weighted by molar-refractivity contribution is 5.94. The van der Waals surface area contributed by atoms with Gasteiger partial charge in [-0.15, -0.1) is 0 Å². The van der Waals surface area contributed by atoms with Crippen molar-refractivity contribution in [1.82, 2.24) is 5.32 Å². The Morgan fingerprint density at radius 2 is 1.45 bits per heavy atom. The second-order valence-electron chi connectivity index (χ2n) is 9.21. The van der Waals surface area contributed by atoms with Crippen LogP contribution in [0.1, 0.15) is 66.2 Å². The van der Waals surface area contributed by atoms with Crippen LogP contribution in [0, 0.1) is 23.2 Å². The zero-order valence-electron chi connectivity index (χ0n) is 17.1. The van der Waals surface area contributed by atoms with Crippen LogP contribution in [0.3, 0.4) is 0 Å². The molecular formula is C23H29NO5. The summed E-state index contributed by atoms with van der Waals surface area (Å²) in [5.41, 5.74) is 0.865. The molecular weight excluding hydrogens is 370 g/mol. The third-order valence-corrected chi connectivity index (χ3v) is 7.26. The second kappa shape index (κ2) is 7.81. The molecule has 6 heteroatoms. The van der Waals surface area contributed by atoms with E-state index in [1.165, 1.54) is 69.9 Å². The number of amides is 1. The quantitative estimate of drug-likeness (QED) is 0.742. The Labute approximate surface area is 171 Å². The molecule has 156 valence electrons. The number of ether oxygens (including phenoxy) is 2. The molecule has 1 aromatic rings. The van der Waals surface area contributed by atoms with Crippen LogP contribution in [0.25, 0.3) is 0 Å². The molecule has 0 saturated heterocycles. The SMILES string of the molecule is COC(=O)c1ccc(C(=O)OCC(=O)NC(C)C23CC4CC(CC(C4)C2)C3)cc1. The third kappa shape index (κ3) is 4.02. The van der Waals surface area contributed by atoms with Crippen LogP contribution in [0.5, 0.6) is 0 Å². The van der Waals surface area contributed by atoms with Crippen molar-refractivity contribution in [2.45, 2.75) is 51.5 Å². The van der Waals surface area contributed by atoms with E-state index in [1.807, 2.05) is 0 Å². The van der Waals surface area contributed by atoms with Crippen molar-refractivity contribution in [1.29, 1.82) is 0 Å². The lowest BCUT2D eigenvalue weighted by Crippen LogP contribution is -2.56. The zero-order chi connectivity index (χ0) is 20.6. The van der Waals surface area contributed by atoms with Gasteiger partial charge < -0.3 is 14.8 Å². The average molecular weight is 399 g/mol. The van der Waals surface area contributed by atoms with Gasteiger partial charge in [-0.25, -0.2) is 9.59 Å². The van der Waals surface area contributed by atoms with Crippen molar-refractivity contribution in [3.8, 4) is 0 Å². The predicted molar refractivity (Wildman–Crippen MR) is 106 cm³/mol. The summed E-state index contributed by atoms with van der Waals surface area (Å²) in [6, 6.07) is 6.08. The summed E-state index contributed by atoms with van der Waals surface area (Å²) in [6.45, 7) is 1.81. The van der Waals surface area contributed by atoms with Crippen molar-refractivity contribution >= 4 is 17.8 Å². The fourth-order valence-corrected chi connectivity index (χ4v) is 6.22. The zero-order valence-corrected chi connectivity index (χ0v) is 17.1. The first-order chi connectivity index (χ1) is 13.9. The molecule has 1 unspecified atom stereocenters. The molecule has 4 aliphatic carbocycles. The number of benzene rings is 1. The molecule has 6 nitrogen and oxygen atoms in total. The molecule has 1 amide bonds. The lowest BCUT2D eigenvalue weighted by molar-refractivity contribution is -0.128. The summed E-state index contributed by atoms with van der Waals surface area (Å²) in [5, 5.41) is 3.10. The number of nitrogens with one attached hydrogen (secondary N) is 1. The molecule has 0 radical (unpaired) electrons. The maximum Gasteiger partial charge on any atom is 0.338 e. The summed E-state index contributed by atoms with van der Waals surface area (Å²) >= 11 is 0. The molecule has 1 N–H and O–H groups in total. The molecule has 1 aromatic carbocycles. The van der Waals surface area contributed by atoms with Gasteiger partial charge in [-0.3, -0.25) is 4.79 Å². The van der Waals surface area contributed by atoms with Gasteiger partial charge in [0, 0.05) is 6.04 Å². The van der Waals surface area contributed by atoms with Gasteiger partial charge in [0.2, 0.25) is 0 Å². The Balaban J connectivity index is 1.29. The molecule has 4 fully saturated rings. The number of methoxy groups -OCH3 is 1. The van der Waals surface area contributed by atoms with Crippen molar-refractivity contribution in [3.05, 3.63) is 35.4 Å². The number of esters is 2. The second-order valence-corrected chi connectivity index (χ2v) is 9.21. The van der Waals surface area contributed by atoms with E-state index in [9.17, 15) is 14.4 Å². The Hall–Kier alpha value is -2.37. The van der Waals surface area contributed by atoms with E-state index in [-0.39, 0.29) is 24.0 Å². The van der Waals surface area contributed by atoms with Gasteiger partial charge in [-0.1, -0.05) is 0 Å². The van der Waals surface area contributed by atoms with Gasteiger partial charge in [0.15, 0.2) is 6.61 Å². The number of hydrogen-bond donors (Lipinski definition) is 1. The summed E-state index contributed by atoms with van der Waals surface area (Å²) in [4.78, 5) is 36.1. The van der Waals surface area contributed by atoms with Crippen LogP contribution in [0.15, 0.2) is 24.3 Å². The van der Waals surface area contributed by atoms with Gasteiger partial charge in [-0.2, -0.15) is 0 Å². The van der Waals surface area contributed by atoms with E-state index in [0.29, 0.717) is 11.1 Å². The molecule has 0 heterocycles. The van der Waals surface area contributed by atoms with Crippen molar-refractivity contribution in [2.24, 2.45) is 23.2 Å². The molecule has 29 heavy (non-hydrogen) atoms. The Kier molecular flexibility index (Phi) is 5.36. The van der Waals surface area contributed by atoms with Crippen LogP contribution < -0.4 is 5.32 Å². The van der Waals surface area contributed by atoms with E-state index >= 15 is 0 Å². The lowest BCUT2D eigenvalue weighted by Gasteiger charge is -2.59. The highest BCUT2D eigenvalue weighted by Crippen LogP contribution is 2.61. The molecule has 1 atom stereocenters. The van der Waals surface area contributed by atoms with Crippen LogP contribution in [0.2, 0.25) is 0 Å². The van der Waals surface area contributed by atoms with Crippen LogP contribution in [0.4, 0.5) is 0 Å². The van der Waals surface area contributed by atoms with Gasteiger partial charge in [-0.05, 0) is 92.9 Å². The normalized spacial score (nSPS) is 30.5. The minimum atomic E-state index is -0.584. The molecule has 4 bridgehead atoms. The van der Waals surface area contributed by atoms with Crippen LogP contribution >= 0.6 is 0 Å². The van der Waals surface area contributed by atoms with Crippen LogP contribution in [-0.4, -0.2) is 37.6 Å². The minimum absolute atomic E-state index is 0.0986. The van der Waals surface area contributed by atoms with E-state index in [2.05, 4.69) is 17.0 Å².